The average molecular weight is 398 g/mol. The van der Waals surface area contributed by atoms with Crippen molar-refractivity contribution in [2.75, 3.05) is 14.2 Å². The zero-order valence-corrected chi connectivity index (χ0v) is 16.0. The highest BCUT2D eigenvalue weighted by molar-refractivity contribution is 5.97. The molecular formula is C21H22N2O6. The summed E-state index contributed by atoms with van der Waals surface area (Å²) in [6.07, 6.45) is 9.44. The normalized spacial score (nSPS) is 21.5. The summed E-state index contributed by atoms with van der Waals surface area (Å²) in [6.45, 7) is 0.0797. The molecule has 8 nitrogen and oxygen atoms in total. The first-order chi connectivity index (χ1) is 13.8. The van der Waals surface area contributed by atoms with E-state index in [1.807, 2.05) is 6.07 Å². The molecule has 0 saturated carbocycles. The summed E-state index contributed by atoms with van der Waals surface area (Å²) in [5.41, 5.74) is 0.463. The van der Waals surface area contributed by atoms with Crippen LogP contribution < -0.4 is 5.32 Å². The fourth-order valence-corrected chi connectivity index (χ4v) is 2.58. The van der Waals surface area contributed by atoms with Crippen LogP contribution in [0.25, 0.3) is 0 Å². The predicted octanol–water partition coefficient (Wildman–Crippen LogP) is 1.77. The van der Waals surface area contributed by atoms with Crippen molar-refractivity contribution in [2.24, 2.45) is 5.92 Å². The maximum Gasteiger partial charge on any atom is 0.262 e. The quantitative estimate of drug-likeness (QED) is 0.137. The van der Waals surface area contributed by atoms with Crippen molar-refractivity contribution >= 4 is 5.91 Å². The summed E-state index contributed by atoms with van der Waals surface area (Å²) in [5, 5.41) is 40.7. The van der Waals surface area contributed by atoms with Gasteiger partial charge in [0.1, 0.15) is 11.6 Å². The number of hydrogen-bond donors (Lipinski definition) is 4. The molecule has 0 bridgehead atoms. The van der Waals surface area contributed by atoms with Gasteiger partial charge in [-0.05, 0) is 35.9 Å². The molecule has 2 rings (SSSR count). The van der Waals surface area contributed by atoms with Crippen molar-refractivity contribution in [3.8, 4) is 17.6 Å². The van der Waals surface area contributed by atoms with Crippen molar-refractivity contribution in [3.05, 3.63) is 71.6 Å². The number of carbonyl (C=O) groups is 1. The molecule has 29 heavy (non-hydrogen) atoms. The van der Waals surface area contributed by atoms with Crippen molar-refractivity contribution in [1.82, 2.24) is 5.32 Å². The molecule has 1 aromatic rings. The van der Waals surface area contributed by atoms with Gasteiger partial charge in [0, 0.05) is 19.6 Å². The molecule has 152 valence electrons. The van der Waals surface area contributed by atoms with Crippen LogP contribution >= 0.6 is 0 Å². The second kappa shape index (κ2) is 9.59. The van der Waals surface area contributed by atoms with Crippen LogP contribution in [0.5, 0.6) is 11.5 Å². The van der Waals surface area contributed by atoms with E-state index in [1.54, 1.807) is 30.4 Å². The number of carbonyl (C=O) groups excluding carboxylic acids is 1. The van der Waals surface area contributed by atoms with E-state index in [0.717, 1.165) is 0 Å². The molecule has 0 radical (unpaired) electrons. The highest BCUT2D eigenvalue weighted by atomic mass is 16.6. The van der Waals surface area contributed by atoms with Crippen LogP contribution in [0.3, 0.4) is 0 Å². The highest BCUT2D eigenvalue weighted by Gasteiger charge is 2.33. The van der Waals surface area contributed by atoms with Crippen LogP contribution in [0, 0.1) is 17.2 Å². The van der Waals surface area contributed by atoms with Crippen molar-refractivity contribution in [3.63, 3.8) is 0 Å². The number of hydrogen-bond acceptors (Lipinski definition) is 7. The number of methoxy groups -OCH3 is 2. The Morgan fingerprint density at radius 3 is 2.72 bits per heavy atom. The third-order valence-electron chi connectivity index (χ3n) is 4.23. The van der Waals surface area contributed by atoms with Gasteiger partial charge < -0.3 is 30.1 Å². The number of phenols is 2. The summed E-state index contributed by atoms with van der Waals surface area (Å²) in [7, 11) is 2.77. The molecule has 1 amide bonds. The van der Waals surface area contributed by atoms with Crippen LogP contribution in [-0.4, -0.2) is 41.2 Å². The van der Waals surface area contributed by atoms with Gasteiger partial charge in [0.2, 0.25) is 5.79 Å². The molecule has 1 aliphatic carbocycles. The van der Waals surface area contributed by atoms with E-state index in [1.165, 1.54) is 38.5 Å². The Morgan fingerprint density at radius 2 is 2.10 bits per heavy atom. The van der Waals surface area contributed by atoms with E-state index in [-0.39, 0.29) is 35.3 Å². The molecule has 2 atom stereocenters. The molecule has 0 aliphatic heterocycles. The number of benzene rings is 1. The Hall–Kier alpha value is -3.54. The van der Waals surface area contributed by atoms with Gasteiger partial charge >= 0.3 is 0 Å². The monoisotopic (exact) mass is 398 g/mol. The number of nitriles is 1. The van der Waals surface area contributed by atoms with E-state index in [9.17, 15) is 25.4 Å². The molecule has 0 aromatic heterocycles. The highest BCUT2D eigenvalue weighted by Crippen LogP contribution is 2.28. The molecule has 0 heterocycles. The fourth-order valence-electron chi connectivity index (χ4n) is 2.58. The van der Waals surface area contributed by atoms with Gasteiger partial charge in [-0.25, -0.2) is 0 Å². The molecule has 2 unspecified atom stereocenters. The number of amides is 1. The van der Waals surface area contributed by atoms with Crippen LogP contribution in [0.15, 0.2) is 66.0 Å². The summed E-state index contributed by atoms with van der Waals surface area (Å²) in [6, 6.07) is 6.00. The number of ether oxygens (including phenoxy) is 2. The molecular weight excluding hydrogens is 376 g/mol. The van der Waals surface area contributed by atoms with Gasteiger partial charge in [-0.3, -0.25) is 4.79 Å². The number of rotatable bonds is 7. The first-order valence-corrected chi connectivity index (χ1v) is 8.63. The van der Waals surface area contributed by atoms with Crippen LogP contribution in [0.4, 0.5) is 0 Å². The molecule has 1 aliphatic rings. The minimum atomic E-state index is -1.62. The van der Waals surface area contributed by atoms with Crippen molar-refractivity contribution < 1.29 is 29.6 Å². The van der Waals surface area contributed by atoms with E-state index >= 15 is 0 Å². The zero-order chi connectivity index (χ0) is 21.4. The zero-order valence-electron chi connectivity index (χ0n) is 16.0. The SMILES string of the molecule is COC1=CC(/C=C/C=C(\C#N)C(=O)NCc2ccc(O)c(O)c2)C=CC1(O)OC. The maximum atomic E-state index is 12.2. The number of nitrogens with one attached hydrogen (secondary N) is 1. The van der Waals surface area contributed by atoms with Crippen molar-refractivity contribution in [1.29, 1.82) is 5.26 Å². The van der Waals surface area contributed by atoms with Crippen LogP contribution in [-0.2, 0) is 20.8 Å². The Kier molecular flexibility index (Phi) is 7.20. The van der Waals surface area contributed by atoms with E-state index < -0.39 is 11.7 Å². The van der Waals surface area contributed by atoms with Crippen molar-refractivity contribution in [2.45, 2.75) is 12.3 Å². The summed E-state index contributed by atoms with van der Waals surface area (Å²) >= 11 is 0. The summed E-state index contributed by atoms with van der Waals surface area (Å²) < 4.78 is 10.2. The Bertz CT molecular complexity index is 926. The Balaban J connectivity index is 2.01. The van der Waals surface area contributed by atoms with E-state index in [0.29, 0.717) is 5.56 Å². The standard InChI is InChI=1S/C21H22N2O6/c1-28-19-11-14(8-9-21(19,27)29-2)4-3-5-16(12-22)20(26)23-13-15-6-7-17(24)18(25)10-15/h3-11,14,24-25,27H,13H2,1-2H3,(H,23,26)/b4-3+,16-5+. The summed E-state index contributed by atoms with van der Waals surface area (Å²) in [4.78, 5) is 12.2. The summed E-state index contributed by atoms with van der Waals surface area (Å²) in [5.74, 6) is -2.73. The molecule has 0 saturated heterocycles. The lowest BCUT2D eigenvalue weighted by Crippen LogP contribution is -2.34. The molecule has 1 aromatic carbocycles. The number of aromatic hydroxyl groups is 2. The van der Waals surface area contributed by atoms with Gasteiger partial charge in [-0.2, -0.15) is 5.26 Å². The van der Waals surface area contributed by atoms with Crippen LogP contribution in [0.1, 0.15) is 5.56 Å². The number of allylic oxidation sites excluding steroid dienone is 5. The first-order valence-electron chi connectivity index (χ1n) is 8.63. The molecule has 0 fully saturated rings. The minimum absolute atomic E-state index is 0.0797. The lowest BCUT2D eigenvalue weighted by molar-refractivity contribution is -0.144. The van der Waals surface area contributed by atoms with E-state index in [4.69, 9.17) is 9.47 Å². The topological polar surface area (TPSA) is 132 Å². The van der Waals surface area contributed by atoms with Gasteiger partial charge in [0.05, 0.1) is 7.11 Å². The number of phenolic OH excluding ortho intramolecular Hbond substituents is 2. The first kappa shape index (κ1) is 21.8. The Labute approximate surface area is 168 Å². The lowest BCUT2D eigenvalue weighted by Gasteiger charge is -2.28. The largest absolute Gasteiger partial charge is 0.504 e. The third kappa shape index (κ3) is 5.48. The lowest BCUT2D eigenvalue weighted by atomic mass is 9.97. The van der Waals surface area contributed by atoms with Crippen LogP contribution in [0.2, 0.25) is 0 Å². The molecule has 4 N–H and O–H groups in total. The third-order valence-corrected chi connectivity index (χ3v) is 4.23. The number of nitrogens with zero attached hydrogens (tertiary/aromatic N) is 1. The fraction of sp³-hybridized carbons (Fsp3) is 0.238. The average Bonchev–Trinajstić information content (AvgIpc) is 2.73. The Morgan fingerprint density at radius 1 is 1.34 bits per heavy atom. The van der Waals surface area contributed by atoms with Gasteiger partial charge in [-0.1, -0.05) is 24.3 Å². The van der Waals surface area contributed by atoms with Gasteiger partial charge in [0.25, 0.3) is 5.91 Å². The second-order valence-corrected chi connectivity index (χ2v) is 6.15. The van der Waals surface area contributed by atoms with Gasteiger partial charge in [0.15, 0.2) is 17.3 Å². The predicted molar refractivity (Wildman–Crippen MR) is 104 cm³/mol. The maximum absolute atomic E-state index is 12.2. The molecule has 8 heteroatoms. The smallest absolute Gasteiger partial charge is 0.262 e. The molecule has 0 spiro atoms. The van der Waals surface area contributed by atoms with E-state index in [2.05, 4.69) is 5.32 Å². The second-order valence-electron chi connectivity index (χ2n) is 6.15. The number of aliphatic hydroxyl groups is 1. The van der Waals surface area contributed by atoms with Gasteiger partial charge in [-0.15, -0.1) is 0 Å². The minimum Gasteiger partial charge on any atom is -0.504 e.